The maximum absolute atomic E-state index is 13.0. The third-order valence-electron chi connectivity index (χ3n) is 4.68. The first-order chi connectivity index (χ1) is 13.2. The van der Waals surface area contributed by atoms with E-state index >= 15 is 0 Å². The topological polar surface area (TPSA) is 72.1 Å². The van der Waals surface area contributed by atoms with Gasteiger partial charge in [0.25, 0.3) is 5.91 Å². The first kappa shape index (κ1) is 17.3. The quantitative estimate of drug-likeness (QED) is 0.709. The van der Waals surface area contributed by atoms with Gasteiger partial charge in [0.1, 0.15) is 11.6 Å². The van der Waals surface area contributed by atoms with Gasteiger partial charge in [0, 0.05) is 31.9 Å². The van der Waals surface area contributed by atoms with Crippen LogP contribution in [0.5, 0.6) is 0 Å². The summed E-state index contributed by atoms with van der Waals surface area (Å²) in [5.74, 6) is 1.20. The number of carbonyl (C=O) groups is 1. The predicted molar refractivity (Wildman–Crippen MR) is 95.6 cm³/mol. The van der Waals surface area contributed by atoms with E-state index in [1.807, 2.05) is 0 Å². The van der Waals surface area contributed by atoms with Gasteiger partial charge in [-0.1, -0.05) is 12.1 Å². The highest BCUT2D eigenvalue weighted by Gasteiger charge is 2.29. The summed E-state index contributed by atoms with van der Waals surface area (Å²) in [7, 11) is 0. The fourth-order valence-electron chi connectivity index (χ4n) is 3.31. The number of nitrogens with zero attached hydrogens (tertiary/aromatic N) is 4. The molecule has 1 saturated heterocycles. The minimum atomic E-state index is -0.258. The van der Waals surface area contributed by atoms with Gasteiger partial charge in [0.05, 0.1) is 12.1 Å². The van der Waals surface area contributed by atoms with Gasteiger partial charge in [-0.15, -0.1) is 0 Å². The lowest BCUT2D eigenvalue weighted by atomic mass is 9.98. The van der Waals surface area contributed by atoms with Crippen molar-refractivity contribution in [2.75, 3.05) is 13.1 Å². The molecule has 6 nitrogen and oxygen atoms in total. The van der Waals surface area contributed by atoms with E-state index in [9.17, 15) is 9.18 Å². The molecule has 0 N–H and O–H groups in total. The lowest BCUT2D eigenvalue weighted by Gasteiger charge is -2.30. The summed E-state index contributed by atoms with van der Waals surface area (Å²) >= 11 is 0. The Labute approximate surface area is 156 Å². The summed E-state index contributed by atoms with van der Waals surface area (Å²) in [6.07, 6.45) is 7.18. The van der Waals surface area contributed by atoms with E-state index in [0.29, 0.717) is 25.4 Å². The number of hydrogen-bond donors (Lipinski definition) is 0. The second-order valence-electron chi connectivity index (χ2n) is 6.63. The van der Waals surface area contributed by atoms with Gasteiger partial charge < -0.3 is 9.32 Å². The zero-order valence-electron chi connectivity index (χ0n) is 14.7. The monoisotopic (exact) mass is 366 g/mol. The molecule has 0 saturated carbocycles. The molecule has 0 bridgehead atoms. The Kier molecular flexibility index (Phi) is 4.91. The molecule has 1 aromatic carbocycles. The van der Waals surface area contributed by atoms with Crippen LogP contribution in [0.1, 0.15) is 46.6 Å². The van der Waals surface area contributed by atoms with Gasteiger partial charge in [-0.05, 0) is 36.6 Å². The molecular formula is C20H19FN4O2. The fourth-order valence-corrected chi connectivity index (χ4v) is 3.31. The third-order valence-corrected chi connectivity index (χ3v) is 4.68. The number of amides is 1. The van der Waals surface area contributed by atoms with Gasteiger partial charge in [0.15, 0.2) is 5.89 Å². The smallest absolute Gasteiger partial charge is 0.291 e. The van der Waals surface area contributed by atoms with Crippen molar-refractivity contribution in [3.8, 4) is 0 Å². The first-order valence-corrected chi connectivity index (χ1v) is 8.94. The van der Waals surface area contributed by atoms with Crippen molar-refractivity contribution in [2.24, 2.45) is 0 Å². The summed E-state index contributed by atoms with van der Waals surface area (Å²) < 4.78 is 18.9. The maximum Gasteiger partial charge on any atom is 0.291 e. The third kappa shape index (κ3) is 4.02. The summed E-state index contributed by atoms with van der Waals surface area (Å²) in [5, 5.41) is 0. The number of aromatic nitrogens is 3. The number of likely N-dealkylation sites (tertiary alicyclic amines) is 1. The molecule has 1 aliphatic heterocycles. The molecule has 1 aliphatic rings. The SMILES string of the molecule is O=C(c1ncccn1)N1CCC[C@H](c2ncc(Cc3ccc(F)cc3)o2)C1. The zero-order valence-corrected chi connectivity index (χ0v) is 14.7. The van der Waals surface area contributed by atoms with Crippen LogP contribution >= 0.6 is 0 Å². The van der Waals surface area contributed by atoms with Crippen molar-refractivity contribution < 1.29 is 13.6 Å². The highest BCUT2D eigenvalue weighted by molar-refractivity contribution is 5.90. The molecule has 3 heterocycles. The molecule has 1 atom stereocenters. The van der Waals surface area contributed by atoms with Crippen LogP contribution in [0, 0.1) is 5.82 Å². The van der Waals surface area contributed by atoms with Crippen molar-refractivity contribution in [3.63, 3.8) is 0 Å². The van der Waals surface area contributed by atoms with Gasteiger partial charge in [-0.3, -0.25) is 4.79 Å². The van der Waals surface area contributed by atoms with Crippen LogP contribution in [0.3, 0.4) is 0 Å². The van der Waals surface area contributed by atoms with Crippen LogP contribution in [0.25, 0.3) is 0 Å². The molecule has 3 aromatic rings. The van der Waals surface area contributed by atoms with E-state index in [1.54, 1.807) is 41.7 Å². The van der Waals surface area contributed by atoms with Crippen molar-refractivity contribution in [1.82, 2.24) is 19.9 Å². The van der Waals surface area contributed by atoms with Crippen LogP contribution in [0.2, 0.25) is 0 Å². The maximum atomic E-state index is 13.0. The average molecular weight is 366 g/mol. The molecule has 0 spiro atoms. The van der Waals surface area contributed by atoms with E-state index < -0.39 is 0 Å². The molecule has 2 aromatic heterocycles. The van der Waals surface area contributed by atoms with Gasteiger partial charge in [-0.25, -0.2) is 19.3 Å². The van der Waals surface area contributed by atoms with Crippen LogP contribution in [-0.4, -0.2) is 38.8 Å². The summed E-state index contributed by atoms with van der Waals surface area (Å²) in [6.45, 7) is 1.21. The van der Waals surface area contributed by atoms with Crippen LogP contribution < -0.4 is 0 Å². The molecule has 1 amide bonds. The van der Waals surface area contributed by atoms with Crippen LogP contribution in [0.15, 0.2) is 53.3 Å². The molecule has 0 radical (unpaired) electrons. The fraction of sp³-hybridized carbons (Fsp3) is 0.300. The Bertz CT molecular complexity index is 911. The van der Waals surface area contributed by atoms with Gasteiger partial charge in [0.2, 0.25) is 5.82 Å². The van der Waals surface area contributed by atoms with Crippen LogP contribution in [0.4, 0.5) is 4.39 Å². The molecule has 0 aliphatic carbocycles. The van der Waals surface area contributed by atoms with E-state index in [4.69, 9.17) is 4.42 Å². The Balaban J connectivity index is 1.43. The summed E-state index contributed by atoms with van der Waals surface area (Å²) in [4.78, 5) is 26.8. The largest absolute Gasteiger partial charge is 0.445 e. The highest BCUT2D eigenvalue weighted by atomic mass is 19.1. The molecule has 7 heteroatoms. The van der Waals surface area contributed by atoms with Crippen LogP contribution in [-0.2, 0) is 6.42 Å². The minimum absolute atomic E-state index is 0.0494. The number of piperidine rings is 1. The molecule has 138 valence electrons. The number of hydrogen-bond acceptors (Lipinski definition) is 5. The number of halogens is 1. The standard InChI is InChI=1S/C20H19FN4O2/c21-16-6-4-14(5-7-16)11-17-12-24-19(27-17)15-3-1-10-25(13-15)20(26)18-22-8-2-9-23-18/h2,4-9,12,15H,1,3,10-11,13H2/t15-/m0/s1. The molecule has 0 unspecified atom stereocenters. The lowest BCUT2D eigenvalue weighted by Crippen LogP contribution is -2.39. The Morgan fingerprint density at radius 3 is 2.74 bits per heavy atom. The van der Waals surface area contributed by atoms with Gasteiger partial charge >= 0.3 is 0 Å². The normalized spacial score (nSPS) is 17.1. The first-order valence-electron chi connectivity index (χ1n) is 8.94. The summed E-state index contributed by atoms with van der Waals surface area (Å²) in [5.41, 5.74) is 0.959. The van der Waals surface area contributed by atoms with E-state index in [-0.39, 0.29) is 23.5 Å². The van der Waals surface area contributed by atoms with Gasteiger partial charge in [-0.2, -0.15) is 0 Å². The van der Waals surface area contributed by atoms with Crippen molar-refractivity contribution in [3.05, 3.63) is 77.8 Å². The van der Waals surface area contributed by atoms with E-state index in [1.165, 1.54) is 12.1 Å². The Morgan fingerprint density at radius 1 is 1.19 bits per heavy atom. The molecule has 4 rings (SSSR count). The number of benzene rings is 1. The Morgan fingerprint density at radius 2 is 1.96 bits per heavy atom. The zero-order chi connectivity index (χ0) is 18.6. The highest BCUT2D eigenvalue weighted by Crippen LogP contribution is 2.27. The van der Waals surface area contributed by atoms with E-state index in [0.717, 1.165) is 24.2 Å². The summed E-state index contributed by atoms with van der Waals surface area (Å²) in [6, 6.07) is 8.02. The second kappa shape index (κ2) is 7.65. The molecule has 1 fully saturated rings. The average Bonchev–Trinajstić information content (AvgIpc) is 3.18. The Hall–Kier alpha value is -3.09. The van der Waals surface area contributed by atoms with Crippen molar-refractivity contribution >= 4 is 5.91 Å². The predicted octanol–water partition coefficient (Wildman–Crippen LogP) is 3.21. The second-order valence-corrected chi connectivity index (χ2v) is 6.63. The number of oxazole rings is 1. The van der Waals surface area contributed by atoms with Crippen molar-refractivity contribution in [1.29, 1.82) is 0 Å². The van der Waals surface area contributed by atoms with Crippen molar-refractivity contribution in [2.45, 2.75) is 25.2 Å². The minimum Gasteiger partial charge on any atom is -0.445 e. The number of carbonyl (C=O) groups excluding carboxylic acids is 1. The molecular weight excluding hydrogens is 347 g/mol. The number of rotatable bonds is 4. The lowest BCUT2D eigenvalue weighted by molar-refractivity contribution is 0.0685. The molecule has 27 heavy (non-hydrogen) atoms. The van der Waals surface area contributed by atoms with E-state index in [2.05, 4.69) is 15.0 Å².